The zero-order valence-corrected chi connectivity index (χ0v) is 25.3. The fourth-order valence-corrected chi connectivity index (χ4v) is 8.40. The molecule has 2 aromatic heterocycles. The Labute approximate surface area is 260 Å². The molecule has 0 spiro atoms. The van der Waals surface area contributed by atoms with Crippen LogP contribution in [0.5, 0.6) is 0 Å². The molecule has 0 aliphatic heterocycles. The first-order valence-corrected chi connectivity index (χ1v) is 15.5. The van der Waals surface area contributed by atoms with Crippen molar-refractivity contribution in [3.63, 3.8) is 0 Å². The molecular formula is C36H35N3O6. The number of carbonyl (C=O) groups is 3. The number of nitrogens with zero attached hydrogens (tertiary/aromatic N) is 2. The lowest BCUT2D eigenvalue weighted by Crippen LogP contribution is -2.62. The van der Waals surface area contributed by atoms with Crippen LogP contribution in [0.3, 0.4) is 0 Å². The van der Waals surface area contributed by atoms with Gasteiger partial charge in [0.05, 0.1) is 12.5 Å². The SMILES string of the molecule is COC(=O)c1c(Cc2ccc(C(=O)NC3[C@@H]4CC5C[C@H]3CC(OC(C)=O)(C5)C4)cc2)c(=O)c2cccnc2n1-c1ccccc1. The van der Waals surface area contributed by atoms with E-state index in [0.29, 0.717) is 45.6 Å². The van der Waals surface area contributed by atoms with Crippen LogP contribution in [0, 0.1) is 17.8 Å². The fourth-order valence-electron chi connectivity index (χ4n) is 8.40. The quantitative estimate of drug-likeness (QED) is 0.295. The van der Waals surface area contributed by atoms with Crippen LogP contribution < -0.4 is 10.7 Å². The first-order valence-electron chi connectivity index (χ1n) is 15.5. The molecule has 0 radical (unpaired) electrons. The second kappa shape index (κ2) is 11.3. The highest BCUT2D eigenvalue weighted by atomic mass is 16.6. The second-order valence-electron chi connectivity index (χ2n) is 12.8. The molecule has 3 unspecified atom stereocenters. The zero-order chi connectivity index (χ0) is 31.3. The van der Waals surface area contributed by atoms with Gasteiger partial charge in [0, 0.05) is 42.4 Å². The largest absolute Gasteiger partial charge is 0.464 e. The van der Waals surface area contributed by atoms with Gasteiger partial charge in [-0.3, -0.25) is 19.0 Å². The molecule has 4 bridgehead atoms. The molecule has 4 aliphatic rings. The van der Waals surface area contributed by atoms with E-state index in [9.17, 15) is 19.2 Å². The Morgan fingerprint density at radius 2 is 1.67 bits per heavy atom. The summed E-state index contributed by atoms with van der Waals surface area (Å²) in [7, 11) is 1.29. The minimum atomic E-state index is -0.638. The van der Waals surface area contributed by atoms with Gasteiger partial charge >= 0.3 is 11.9 Å². The van der Waals surface area contributed by atoms with Crippen LogP contribution in [-0.2, 0) is 20.7 Å². The second-order valence-corrected chi connectivity index (χ2v) is 12.8. The van der Waals surface area contributed by atoms with E-state index in [1.54, 1.807) is 35.0 Å². The maximum absolute atomic E-state index is 13.8. The van der Waals surface area contributed by atoms with E-state index in [-0.39, 0.29) is 41.1 Å². The van der Waals surface area contributed by atoms with Gasteiger partial charge in [-0.25, -0.2) is 9.78 Å². The topological polar surface area (TPSA) is 117 Å². The van der Waals surface area contributed by atoms with Crippen LogP contribution in [0.15, 0.2) is 77.7 Å². The summed E-state index contributed by atoms with van der Waals surface area (Å²) < 4.78 is 12.7. The highest BCUT2D eigenvalue weighted by molar-refractivity contribution is 5.95. The minimum Gasteiger partial charge on any atom is -0.464 e. The van der Waals surface area contributed by atoms with Crippen LogP contribution in [0.4, 0.5) is 0 Å². The normalized spacial score (nSPS) is 24.8. The van der Waals surface area contributed by atoms with E-state index in [0.717, 1.165) is 37.7 Å². The summed E-state index contributed by atoms with van der Waals surface area (Å²) in [6, 6.07) is 19.9. The lowest BCUT2D eigenvalue weighted by atomic mass is 9.52. The molecule has 5 atom stereocenters. The predicted molar refractivity (Wildman–Crippen MR) is 167 cm³/mol. The van der Waals surface area contributed by atoms with Gasteiger partial charge in [0.25, 0.3) is 5.91 Å². The first-order chi connectivity index (χ1) is 21.7. The minimum absolute atomic E-state index is 0.0580. The average Bonchev–Trinajstić information content (AvgIpc) is 3.03. The summed E-state index contributed by atoms with van der Waals surface area (Å²) in [5, 5.41) is 3.70. The van der Waals surface area contributed by atoms with Gasteiger partial charge in [0.1, 0.15) is 16.9 Å². The smallest absolute Gasteiger partial charge is 0.355 e. The van der Waals surface area contributed by atoms with Crippen molar-refractivity contribution in [1.82, 2.24) is 14.9 Å². The average molecular weight is 606 g/mol. The van der Waals surface area contributed by atoms with Gasteiger partial charge in [0.2, 0.25) is 0 Å². The number of pyridine rings is 2. The highest BCUT2D eigenvalue weighted by Gasteiger charge is 2.57. The molecule has 2 aromatic carbocycles. The summed E-state index contributed by atoms with van der Waals surface area (Å²) >= 11 is 0. The van der Waals surface area contributed by atoms with Crippen molar-refractivity contribution in [3.05, 3.63) is 106 Å². The molecule has 9 nitrogen and oxygen atoms in total. The number of esters is 2. The summed E-state index contributed by atoms with van der Waals surface area (Å²) in [5.74, 6) is 0.131. The monoisotopic (exact) mass is 605 g/mol. The van der Waals surface area contributed by atoms with Gasteiger partial charge in [-0.2, -0.15) is 0 Å². The number of ether oxygens (including phenoxy) is 2. The van der Waals surface area contributed by atoms with Crippen molar-refractivity contribution in [1.29, 1.82) is 0 Å². The van der Waals surface area contributed by atoms with Gasteiger partial charge < -0.3 is 14.8 Å². The molecule has 0 saturated heterocycles. The number of amides is 1. The van der Waals surface area contributed by atoms with Gasteiger partial charge in [-0.1, -0.05) is 30.3 Å². The lowest BCUT2D eigenvalue weighted by molar-refractivity contribution is -0.188. The van der Waals surface area contributed by atoms with Crippen molar-refractivity contribution >= 4 is 28.9 Å². The predicted octanol–water partition coefficient (Wildman–Crippen LogP) is 5.00. The maximum atomic E-state index is 13.8. The van der Waals surface area contributed by atoms with Crippen molar-refractivity contribution in [2.45, 2.75) is 57.1 Å². The number of benzene rings is 2. The van der Waals surface area contributed by atoms with Gasteiger partial charge in [-0.05, 0) is 91.8 Å². The molecule has 1 amide bonds. The molecule has 4 fully saturated rings. The standard InChI is InChI=1S/C36H35N3O6/c1-21(40)45-36-18-23-15-25(19-36)30(26(16-23)20-36)38-34(42)24-12-10-22(11-13-24)17-29-31(35(43)44-2)39(27-7-4-3-5-8-27)33-28(32(29)41)9-6-14-37-33/h3-14,23,25-26,30H,15-20H2,1-2H3,(H,38,42)/t23?,25-,26+,30?,36?. The van der Waals surface area contributed by atoms with Crippen molar-refractivity contribution in [3.8, 4) is 5.69 Å². The summed E-state index contributed by atoms with van der Waals surface area (Å²) in [6.07, 6.45) is 6.38. The summed E-state index contributed by atoms with van der Waals surface area (Å²) in [4.78, 5) is 56.7. The number of aromatic nitrogens is 2. The lowest BCUT2D eigenvalue weighted by Gasteiger charge is -2.59. The molecule has 9 heteroatoms. The first kappa shape index (κ1) is 29.0. The number of methoxy groups -OCH3 is 1. The highest BCUT2D eigenvalue weighted by Crippen LogP contribution is 2.57. The number of carbonyl (C=O) groups excluding carboxylic acids is 3. The Balaban J connectivity index is 1.16. The van der Waals surface area contributed by atoms with E-state index in [1.165, 1.54) is 14.0 Å². The third-order valence-corrected chi connectivity index (χ3v) is 9.89. The molecule has 4 aromatic rings. The zero-order valence-electron chi connectivity index (χ0n) is 25.3. The fraction of sp³-hybridized carbons (Fsp3) is 0.361. The molecule has 45 heavy (non-hydrogen) atoms. The van der Waals surface area contributed by atoms with Crippen LogP contribution in [0.2, 0.25) is 0 Å². The van der Waals surface area contributed by atoms with E-state index in [1.807, 2.05) is 42.5 Å². The molecular weight excluding hydrogens is 570 g/mol. The van der Waals surface area contributed by atoms with E-state index < -0.39 is 5.97 Å². The Morgan fingerprint density at radius 3 is 2.33 bits per heavy atom. The van der Waals surface area contributed by atoms with E-state index in [4.69, 9.17) is 9.47 Å². The maximum Gasteiger partial charge on any atom is 0.355 e. The third-order valence-electron chi connectivity index (χ3n) is 9.89. The Morgan fingerprint density at radius 1 is 0.956 bits per heavy atom. The molecule has 4 saturated carbocycles. The van der Waals surface area contributed by atoms with Crippen molar-refractivity contribution in [2.75, 3.05) is 7.11 Å². The van der Waals surface area contributed by atoms with E-state index >= 15 is 0 Å². The number of nitrogens with one attached hydrogen (secondary N) is 1. The van der Waals surface area contributed by atoms with Crippen molar-refractivity contribution in [2.24, 2.45) is 17.8 Å². The number of para-hydroxylation sites is 1. The Hall–Kier alpha value is -4.79. The van der Waals surface area contributed by atoms with Crippen LogP contribution >= 0.6 is 0 Å². The summed E-state index contributed by atoms with van der Waals surface area (Å²) in [5.41, 5.74) is 2.10. The number of hydrogen-bond acceptors (Lipinski definition) is 7. The van der Waals surface area contributed by atoms with Crippen LogP contribution in [0.25, 0.3) is 16.7 Å². The number of fused-ring (bicyclic) bond motifs is 1. The molecule has 4 aliphatic carbocycles. The number of rotatable bonds is 7. The van der Waals surface area contributed by atoms with Crippen molar-refractivity contribution < 1.29 is 23.9 Å². The molecule has 8 rings (SSSR count). The molecule has 1 N–H and O–H groups in total. The summed E-state index contributed by atoms with van der Waals surface area (Å²) in [6.45, 7) is 1.48. The van der Waals surface area contributed by atoms with E-state index in [2.05, 4.69) is 10.3 Å². The van der Waals surface area contributed by atoms with Gasteiger partial charge in [0.15, 0.2) is 5.43 Å². The van der Waals surface area contributed by atoms with Crippen LogP contribution in [0.1, 0.15) is 71.0 Å². The third kappa shape index (κ3) is 5.20. The Bertz CT molecular complexity index is 1850. The molecule has 230 valence electrons. The number of hydrogen-bond donors (Lipinski definition) is 1. The molecule has 2 heterocycles. The van der Waals surface area contributed by atoms with Crippen LogP contribution in [-0.4, -0.2) is 46.1 Å². The van der Waals surface area contributed by atoms with Gasteiger partial charge in [-0.15, -0.1) is 0 Å². The Kier molecular flexibility index (Phi) is 7.26.